The number of nitrogens with zero attached hydrogens (tertiary/aromatic N) is 1. The first-order chi connectivity index (χ1) is 9.34. The van der Waals surface area contributed by atoms with E-state index in [1.165, 1.54) is 18.9 Å². The second-order valence-electron chi connectivity index (χ2n) is 5.15. The van der Waals surface area contributed by atoms with E-state index < -0.39 is 0 Å². The highest BCUT2D eigenvalue weighted by molar-refractivity contribution is 6.01. The summed E-state index contributed by atoms with van der Waals surface area (Å²) in [6.07, 6.45) is 5.76. The Bertz CT molecular complexity index is 481. The van der Waals surface area contributed by atoms with Gasteiger partial charge in [-0.1, -0.05) is 6.07 Å². The summed E-state index contributed by atoms with van der Waals surface area (Å²) in [4.78, 5) is 4.38. The maximum absolute atomic E-state index is 14.1. The number of rotatable bonds is 3. The third-order valence-corrected chi connectivity index (χ3v) is 3.71. The van der Waals surface area contributed by atoms with Gasteiger partial charge in [-0.3, -0.25) is 4.99 Å². The van der Waals surface area contributed by atoms with Crippen LogP contribution in [-0.4, -0.2) is 25.0 Å². The lowest BCUT2D eigenvalue weighted by Gasteiger charge is -2.20. The number of hydrogen-bond donors (Lipinski definition) is 1. The molecule has 1 saturated carbocycles. The van der Waals surface area contributed by atoms with Crippen molar-refractivity contribution in [2.24, 2.45) is 4.99 Å². The summed E-state index contributed by atoms with van der Waals surface area (Å²) in [5.74, 6) is 1.00. The van der Waals surface area contributed by atoms with Gasteiger partial charge in [0.2, 0.25) is 0 Å². The van der Waals surface area contributed by atoms with Gasteiger partial charge in [0.05, 0.1) is 11.7 Å². The van der Waals surface area contributed by atoms with Gasteiger partial charge in [-0.2, -0.15) is 0 Å². The van der Waals surface area contributed by atoms with E-state index in [-0.39, 0.29) is 11.9 Å². The quantitative estimate of drug-likeness (QED) is 0.908. The van der Waals surface area contributed by atoms with E-state index in [2.05, 4.69) is 10.3 Å². The normalized spacial score (nSPS) is 19.9. The molecule has 0 bridgehead atoms. The number of benzene rings is 1. The number of ether oxygens (including phenoxy) is 1. The summed E-state index contributed by atoms with van der Waals surface area (Å²) < 4.78 is 20.1. The molecule has 19 heavy (non-hydrogen) atoms. The van der Waals surface area contributed by atoms with Crippen molar-refractivity contribution in [3.8, 4) is 5.75 Å². The van der Waals surface area contributed by atoms with Crippen LogP contribution in [0.3, 0.4) is 0 Å². The van der Waals surface area contributed by atoms with E-state index in [1.807, 2.05) is 6.07 Å². The molecule has 1 aromatic carbocycles. The number of nitrogens with one attached hydrogen (secondary N) is 1. The van der Waals surface area contributed by atoms with Crippen molar-refractivity contribution >= 4 is 5.84 Å². The molecule has 3 rings (SSSR count). The average Bonchev–Trinajstić information content (AvgIpc) is 2.93. The summed E-state index contributed by atoms with van der Waals surface area (Å²) in [5.41, 5.74) is 0.495. The van der Waals surface area contributed by atoms with Crippen LogP contribution in [0.4, 0.5) is 4.39 Å². The molecule has 1 N–H and O–H groups in total. The van der Waals surface area contributed by atoms with Gasteiger partial charge in [-0.05, 0) is 44.2 Å². The van der Waals surface area contributed by atoms with Crippen LogP contribution in [0.15, 0.2) is 23.2 Å². The fraction of sp³-hybridized carbons (Fsp3) is 0.533. The zero-order valence-electron chi connectivity index (χ0n) is 11.0. The Morgan fingerprint density at radius 3 is 2.79 bits per heavy atom. The Balaban J connectivity index is 1.89. The van der Waals surface area contributed by atoms with Gasteiger partial charge in [-0.15, -0.1) is 0 Å². The highest BCUT2D eigenvalue weighted by Crippen LogP contribution is 2.28. The zero-order chi connectivity index (χ0) is 13.1. The fourth-order valence-electron chi connectivity index (χ4n) is 2.72. The molecule has 1 aliphatic carbocycles. The van der Waals surface area contributed by atoms with Crippen LogP contribution >= 0.6 is 0 Å². The molecule has 1 aromatic rings. The molecular weight excluding hydrogens is 243 g/mol. The topological polar surface area (TPSA) is 33.6 Å². The largest absolute Gasteiger partial charge is 0.490 e. The molecule has 0 aromatic heterocycles. The van der Waals surface area contributed by atoms with Gasteiger partial charge in [-0.25, -0.2) is 4.39 Å². The number of amidine groups is 1. The lowest BCUT2D eigenvalue weighted by Crippen LogP contribution is -2.31. The van der Waals surface area contributed by atoms with Gasteiger partial charge in [0.1, 0.15) is 17.4 Å². The highest BCUT2D eigenvalue weighted by atomic mass is 19.1. The average molecular weight is 262 g/mol. The predicted molar refractivity (Wildman–Crippen MR) is 73.3 cm³/mol. The van der Waals surface area contributed by atoms with Crippen molar-refractivity contribution in [3.63, 3.8) is 0 Å². The van der Waals surface area contributed by atoms with E-state index in [4.69, 9.17) is 4.74 Å². The first-order valence-corrected chi connectivity index (χ1v) is 7.08. The molecule has 2 aliphatic rings. The summed E-state index contributed by atoms with van der Waals surface area (Å²) >= 11 is 0. The van der Waals surface area contributed by atoms with Crippen LogP contribution in [0.25, 0.3) is 0 Å². The van der Waals surface area contributed by atoms with Crippen LogP contribution < -0.4 is 10.1 Å². The lowest BCUT2D eigenvalue weighted by molar-refractivity contribution is 0.208. The molecule has 3 nitrogen and oxygen atoms in total. The summed E-state index contributed by atoms with van der Waals surface area (Å²) in [5, 5.41) is 3.17. The second kappa shape index (κ2) is 5.59. The van der Waals surface area contributed by atoms with Gasteiger partial charge >= 0.3 is 0 Å². The maximum Gasteiger partial charge on any atom is 0.137 e. The molecule has 0 spiro atoms. The molecule has 0 atom stereocenters. The lowest BCUT2D eigenvalue weighted by atomic mass is 10.1. The molecule has 4 heteroatoms. The Labute approximate surface area is 112 Å². The van der Waals surface area contributed by atoms with Crippen LogP contribution in [0.1, 0.15) is 37.7 Å². The van der Waals surface area contributed by atoms with Crippen molar-refractivity contribution < 1.29 is 9.13 Å². The van der Waals surface area contributed by atoms with Crippen molar-refractivity contribution in [2.45, 2.75) is 38.2 Å². The number of halogens is 1. The van der Waals surface area contributed by atoms with E-state index in [9.17, 15) is 4.39 Å². The summed E-state index contributed by atoms with van der Waals surface area (Å²) in [6, 6.07) is 5.01. The maximum atomic E-state index is 14.1. The van der Waals surface area contributed by atoms with E-state index >= 15 is 0 Å². The van der Waals surface area contributed by atoms with Crippen LogP contribution in [0, 0.1) is 5.82 Å². The Morgan fingerprint density at radius 1 is 1.21 bits per heavy atom. The Morgan fingerprint density at radius 2 is 2.05 bits per heavy atom. The molecule has 102 valence electrons. The predicted octanol–water partition coefficient (Wildman–Crippen LogP) is 2.89. The van der Waals surface area contributed by atoms with Crippen molar-refractivity contribution in [1.29, 1.82) is 0 Å². The number of aliphatic imine (C=N–C) groups is 1. The van der Waals surface area contributed by atoms with E-state index in [0.717, 1.165) is 32.4 Å². The molecule has 0 amide bonds. The Kier molecular flexibility index (Phi) is 3.67. The minimum atomic E-state index is -0.261. The first-order valence-electron chi connectivity index (χ1n) is 7.08. The number of hydrogen-bond acceptors (Lipinski definition) is 3. The Hall–Kier alpha value is -1.58. The molecule has 1 heterocycles. The van der Waals surface area contributed by atoms with Gasteiger partial charge in [0.15, 0.2) is 0 Å². The first kappa shape index (κ1) is 12.5. The van der Waals surface area contributed by atoms with E-state index in [1.54, 1.807) is 6.07 Å². The highest BCUT2D eigenvalue weighted by Gasteiger charge is 2.22. The fourth-order valence-corrected chi connectivity index (χ4v) is 2.72. The van der Waals surface area contributed by atoms with Crippen molar-refractivity contribution in [2.75, 3.05) is 13.1 Å². The zero-order valence-corrected chi connectivity index (χ0v) is 11.0. The second-order valence-corrected chi connectivity index (χ2v) is 5.15. The van der Waals surface area contributed by atoms with Crippen LogP contribution in [0.2, 0.25) is 0 Å². The smallest absolute Gasteiger partial charge is 0.137 e. The molecule has 0 saturated heterocycles. The van der Waals surface area contributed by atoms with Gasteiger partial charge < -0.3 is 10.1 Å². The minimum Gasteiger partial charge on any atom is -0.490 e. The summed E-state index contributed by atoms with van der Waals surface area (Å²) in [6.45, 7) is 1.59. The van der Waals surface area contributed by atoms with Gasteiger partial charge in [0.25, 0.3) is 0 Å². The standard InChI is InChI=1S/C15H19FN2O/c16-12-7-3-8-13(19-11-5-1-2-6-11)14(12)15-17-9-4-10-18-15/h3,7-8,11H,1-2,4-6,9-10H2,(H,17,18). The molecular formula is C15H19FN2O. The van der Waals surface area contributed by atoms with Crippen LogP contribution in [-0.2, 0) is 0 Å². The summed E-state index contributed by atoms with van der Waals surface area (Å²) in [7, 11) is 0. The van der Waals surface area contributed by atoms with Crippen molar-refractivity contribution in [3.05, 3.63) is 29.6 Å². The minimum absolute atomic E-state index is 0.227. The van der Waals surface area contributed by atoms with Gasteiger partial charge in [0, 0.05) is 13.1 Å². The van der Waals surface area contributed by atoms with Crippen molar-refractivity contribution in [1.82, 2.24) is 5.32 Å². The molecule has 0 radical (unpaired) electrons. The third kappa shape index (κ3) is 2.72. The molecule has 1 aliphatic heterocycles. The molecule has 0 unspecified atom stereocenters. The molecule has 1 fully saturated rings. The van der Waals surface area contributed by atoms with E-state index in [0.29, 0.717) is 17.1 Å². The van der Waals surface area contributed by atoms with Crippen LogP contribution in [0.5, 0.6) is 5.75 Å². The monoisotopic (exact) mass is 262 g/mol. The third-order valence-electron chi connectivity index (χ3n) is 3.71. The SMILES string of the molecule is Fc1cccc(OC2CCCC2)c1C1=NCCCN1.